The smallest absolute Gasteiger partial charge is 0.0918 e. The fourth-order valence-electron chi connectivity index (χ4n) is 3.67. The third kappa shape index (κ3) is 3.31. The highest BCUT2D eigenvalue weighted by atomic mass is 16.6. The van der Waals surface area contributed by atoms with Crippen LogP contribution in [0.2, 0.25) is 0 Å². The first kappa shape index (κ1) is 15.0. The SMILES string of the molecule is CCOCC1CC(OCc2ccccc2)C2(C)CC1CO2. The van der Waals surface area contributed by atoms with Crippen LogP contribution in [0.5, 0.6) is 0 Å². The molecule has 3 nitrogen and oxygen atoms in total. The van der Waals surface area contributed by atoms with Crippen LogP contribution in [0, 0.1) is 11.8 Å². The highest BCUT2D eigenvalue weighted by Crippen LogP contribution is 2.46. The second-order valence-corrected chi connectivity index (χ2v) is 6.53. The van der Waals surface area contributed by atoms with Crippen molar-refractivity contribution in [3.63, 3.8) is 0 Å². The first-order valence-electron chi connectivity index (χ1n) is 8.08. The molecule has 21 heavy (non-hydrogen) atoms. The van der Waals surface area contributed by atoms with Gasteiger partial charge in [0.1, 0.15) is 0 Å². The van der Waals surface area contributed by atoms with E-state index in [1.165, 1.54) is 5.56 Å². The molecule has 0 aromatic heterocycles. The molecule has 2 bridgehead atoms. The molecule has 4 unspecified atom stereocenters. The lowest BCUT2D eigenvalue weighted by Gasteiger charge is -2.40. The molecule has 4 atom stereocenters. The van der Waals surface area contributed by atoms with Crippen LogP contribution in [-0.4, -0.2) is 31.5 Å². The summed E-state index contributed by atoms with van der Waals surface area (Å²) in [4.78, 5) is 0. The molecular weight excluding hydrogens is 264 g/mol. The average molecular weight is 290 g/mol. The van der Waals surface area contributed by atoms with Crippen molar-refractivity contribution >= 4 is 0 Å². The van der Waals surface area contributed by atoms with Crippen LogP contribution >= 0.6 is 0 Å². The molecule has 2 fully saturated rings. The molecule has 3 heteroatoms. The Morgan fingerprint density at radius 2 is 2.10 bits per heavy atom. The summed E-state index contributed by atoms with van der Waals surface area (Å²) < 4.78 is 18.0. The summed E-state index contributed by atoms with van der Waals surface area (Å²) in [6.07, 6.45) is 2.32. The molecular formula is C18H26O3. The van der Waals surface area contributed by atoms with Crippen LogP contribution in [0.4, 0.5) is 0 Å². The van der Waals surface area contributed by atoms with Crippen molar-refractivity contribution in [2.24, 2.45) is 11.8 Å². The second kappa shape index (κ2) is 6.47. The van der Waals surface area contributed by atoms with Crippen molar-refractivity contribution in [1.29, 1.82) is 0 Å². The third-order valence-corrected chi connectivity index (χ3v) is 4.99. The van der Waals surface area contributed by atoms with E-state index < -0.39 is 0 Å². The van der Waals surface area contributed by atoms with Gasteiger partial charge in [0, 0.05) is 13.2 Å². The largest absolute Gasteiger partial charge is 0.381 e. The molecule has 1 aromatic carbocycles. The van der Waals surface area contributed by atoms with Gasteiger partial charge in [-0.3, -0.25) is 0 Å². The molecule has 0 N–H and O–H groups in total. The summed E-state index contributed by atoms with van der Waals surface area (Å²) in [6.45, 7) is 7.42. The Morgan fingerprint density at radius 3 is 2.86 bits per heavy atom. The summed E-state index contributed by atoms with van der Waals surface area (Å²) in [5, 5.41) is 0. The van der Waals surface area contributed by atoms with E-state index in [2.05, 4.69) is 38.1 Å². The van der Waals surface area contributed by atoms with E-state index in [0.29, 0.717) is 18.4 Å². The predicted molar refractivity (Wildman–Crippen MR) is 82.1 cm³/mol. The molecule has 3 rings (SSSR count). The van der Waals surface area contributed by atoms with Gasteiger partial charge in [0.25, 0.3) is 0 Å². The zero-order valence-corrected chi connectivity index (χ0v) is 13.1. The van der Waals surface area contributed by atoms with Gasteiger partial charge in [-0.05, 0) is 44.1 Å². The molecule has 1 aliphatic heterocycles. The van der Waals surface area contributed by atoms with Crippen molar-refractivity contribution in [2.75, 3.05) is 19.8 Å². The minimum atomic E-state index is -0.109. The van der Waals surface area contributed by atoms with Gasteiger partial charge in [0.15, 0.2) is 0 Å². The Morgan fingerprint density at radius 1 is 1.29 bits per heavy atom. The topological polar surface area (TPSA) is 27.7 Å². The molecule has 1 aromatic rings. The molecule has 0 spiro atoms. The Bertz CT molecular complexity index is 447. The molecule has 2 aliphatic rings. The number of hydrogen-bond acceptors (Lipinski definition) is 3. The summed E-state index contributed by atoms with van der Waals surface area (Å²) in [5.74, 6) is 1.21. The fraction of sp³-hybridized carbons (Fsp3) is 0.667. The van der Waals surface area contributed by atoms with Crippen LogP contribution in [-0.2, 0) is 20.8 Å². The number of ether oxygens (including phenoxy) is 3. The van der Waals surface area contributed by atoms with Gasteiger partial charge in [-0.15, -0.1) is 0 Å². The molecule has 1 heterocycles. The molecule has 1 aliphatic carbocycles. The van der Waals surface area contributed by atoms with Crippen molar-refractivity contribution in [1.82, 2.24) is 0 Å². The van der Waals surface area contributed by atoms with Crippen molar-refractivity contribution in [2.45, 2.75) is 45.0 Å². The predicted octanol–water partition coefficient (Wildman–Crippen LogP) is 3.42. The zero-order valence-electron chi connectivity index (χ0n) is 13.1. The molecule has 1 saturated carbocycles. The second-order valence-electron chi connectivity index (χ2n) is 6.53. The van der Waals surface area contributed by atoms with Crippen molar-refractivity contribution < 1.29 is 14.2 Å². The van der Waals surface area contributed by atoms with Gasteiger partial charge in [0.2, 0.25) is 0 Å². The maximum atomic E-state index is 6.23. The van der Waals surface area contributed by atoms with E-state index in [0.717, 1.165) is 32.7 Å². The van der Waals surface area contributed by atoms with E-state index in [9.17, 15) is 0 Å². The maximum absolute atomic E-state index is 6.23. The minimum Gasteiger partial charge on any atom is -0.381 e. The Balaban J connectivity index is 1.62. The van der Waals surface area contributed by atoms with E-state index >= 15 is 0 Å². The monoisotopic (exact) mass is 290 g/mol. The van der Waals surface area contributed by atoms with Crippen molar-refractivity contribution in [3.05, 3.63) is 35.9 Å². The average Bonchev–Trinajstić information content (AvgIpc) is 2.85. The van der Waals surface area contributed by atoms with Crippen LogP contribution in [0.1, 0.15) is 32.3 Å². The summed E-state index contributed by atoms with van der Waals surface area (Å²) in [5.41, 5.74) is 1.12. The standard InChI is InChI=1S/C18H26O3/c1-3-19-12-15-9-17(18(2)10-16(15)13-21-18)20-11-14-7-5-4-6-8-14/h4-8,15-17H,3,9-13H2,1-2H3. The summed E-state index contributed by atoms with van der Waals surface area (Å²) in [6, 6.07) is 10.4. The Labute approximate surface area is 127 Å². The van der Waals surface area contributed by atoms with Gasteiger partial charge in [-0.2, -0.15) is 0 Å². The Hall–Kier alpha value is -0.900. The number of rotatable bonds is 6. The normalized spacial score (nSPS) is 35.0. The summed E-state index contributed by atoms with van der Waals surface area (Å²) >= 11 is 0. The lowest BCUT2D eigenvalue weighted by Crippen LogP contribution is -2.46. The molecule has 0 amide bonds. The van der Waals surface area contributed by atoms with E-state index in [4.69, 9.17) is 14.2 Å². The highest BCUT2D eigenvalue weighted by molar-refractivity contribution is 5.13. The third-order valence-electron chi connectivity index (χ3n) is 4.99. The van der Waals surface area contributed by atoms with Gasteiger partial charge in [-0.1, -0.05) is 30.3 Å². The van der Waals surface area contributed by atoms with Crippen LogP contribution in [0.15, 0.2) is 30.3 Å². The van der Waals surface area contributed by atoms with E-state index in [1.807, 2.05) is 6.07 Å². The molecule has 116 valence electrons. The van der Waals surface area contributed by atoms with Gasteiger partial charge < -0.3 is 14.2 Å². The minimum absolute atomic E-state index is 0.109. The molecule has 1 saturated heterocycles. The van der Waals surface area contributed by atoms with E-state index in [-0.39, 0.29) is 11.7 Å². The summed E-state index contributed by atoms with van der Waals surface area (Å²) in [7, 11) is 0. The lowest BCUT2D eigenvalue weighted by molar-refractivity contribution is -0.127. The van der Waals surface area contributed by atoms with Crippen LogP contribution < -0.4 is 0 Å². The fourth-order valence-corrected chi connectivity index (χ4v) is 3.67. The van der Waals surface area contributed by atoms with Crippen molar-refractivity contribution in [3.8, 4) is 0 Å². The Kier molecular flexibility index (Phi) is 4.63. The number of hydrogen-bond donors (Lipinski definition) is 0. The zero-order chi connectivity index (χ0) is 14.7. The van der Waals surface area contributed by atoms with Gasteiger partial charge in [0.05, 0.1) is 24.9 Å². The van der Waals surface area contributed by atoms with Crippen LogP contribution in [0.25, 0.3) is 0 Å². The number of benzene rings is 1. The quantitative estimate of drug-likeness (QED) is 0.803. The highest BCUT2D eigenvalue weighted by Gasteiger charge is 2.51. The van der Waals surface area contributed by atoms with Gasteiger partial charge >= 0.3 is 0 Å². The van der Waals surface area contributed by atoms with Gasteiger partial charge in [-0.25, -0.2) is 0 Å². The van der Waals surface area contributed by atoms with Crippen LogP contribution in [0.3, 0.4) is 0 Å². The first-order valence-corrected chi connectivity index (χ1v) is 8.08. The lowest BCUT2D eigenvalue weighted by atomic mass is 9.73. The number of fused-ring (bicyclic) bond motifs is 2. The maximum Gasteiger partial charge on any atom is 0.0918 e. The van der Waals surface area contributed by atoms with E-state index in [1.54, 1.807) is 0 Å². The first-order chi connectivity index (χ1) is 10.2. The molecule has 0 radical (unpaired) electrons.